The molecule has 0 fully saturated rings. The predicted molar refractivity (Wildman–Crippen MR) is 72.2 cm³/mol. The molecule has 0 saturated heterocycles. The number of amides is 1. The quantitative estimate of drug-likeness (QED) is 0.874. The lowest BCUT2D eigenvalue weighted by Gasteiger charge is -2.08. The van der Waals surface area contributed by atoms with Gasteiger partial charge in [-0.2, -0.15) is 5.10 Å². The highest BCUT2D eigenvalue weighted by Crippen LogP contribution is 2.23. The number of aryl methyl sites for hydroxylation is 3. The number of aromatic nitrogens is 2. The lowest BCUT2D eigenvalue weighted by atomic mass is 10.1. The van der Waals surface area contributed by atoms with Crippen LogP contribution in [0.2, 0.25) is 5.02 Å². The second-order valence-electron chi connectivity index (χ2n) is 4.25. The van der Waals surface area contributed by atoms with E-state index in [2.05, 4.69) is 15.5 Å². The first-order valence-electron chi connectivity index (χ1n) is 5.58. The number of nitrogens with one attached hydrogen (secondary N) is 2. The van der Waals surface area contributed by atoms with E-state index in [0.29, 0.717) is 22.0 Å². The molecule has 0 aliphatic carbocycles. The molecule has 4 nitrogen and oxygen atoms in total. The number of carbonyl (C=O) groups is 1. The average molecular weight is 264 g/mol. The number of halogens is 1. The fourth-order valence-electron chi connectivity index (χ4n) is 1.79. The van der Waals surface area contributed by atoms with E-state index in [1.54, 1.807) is 13.0 Å². The van der Waals surface area contributed by atoms with E-state index < -0.39 is 0 Å². The van der Waals surface area contributed by atoms with Gasteiger partial charge in [0, 0.05) is 5.69 Å². The zero-order valence-corrected chi connectivity index (χ0v) is 11.2. The molecule has 1 aromatic heterocycles. The van der Waals surface area contributed by atoms with Crippen LogP contribution in [0.3, 0.4) is 0 Å². The number of benzene rings is 1. The minimum atomic E-state index is -0.204. The van der Waals surface area contributed by atoms with Crippen LogP contribution in [0.15, 0.2) is 18.2 Å². The second-order valence-corrected chi connectivity index (χ2v) is 4.65. The third-order valence-corrected chi connectivity index (χ3v) is 3.04. The number of nitrogens with zero attached hydrogens (tertiary/aromatic N) is 1. The summed E-state index contributed by atoms with van der Waals surface area (Å²) >= 11 is 6.08. The van der Waals surface area contributed by atoms with E-state index >= 15 is 0 Å². The molecule has 5 heteroatoms. The third kappa shape index (κ3) is 2.38. The monoisotopic (exact) mass is 263 g/mol. The molecule has 2 aromatic rings. The van der Waals surface area contributed by atoms with E-state index in [1.807, 2.05) is 26.0 Å². The Kier molecular flexibility index (Phi) is 3.39. The SMILES string of the molecule is Cc1ccc(NC(=O)c2c(C)n[nH]c2C)c(Cl)c1. The van der Waals surface area contributed by atoms with Gasteiger partial charge in [-0.25, -0.2) is 0 Å². The number of aromatic amines is 1. The first-order valence-corrected chi connectivity index (χ1v) is 5.96. The Bertz CT molecular complexity index is 585. The fourth-order valence-corrected chi connectivity index (χ4v) is 2.07. The molecule has 1 amide bonds. The summed E-state index contributed by atoms with van der Waals surface area (Å²) in [6.45, 7) is 5.54. The Morgan fingerprint density at radius 2 is 2.06 bits per heavy atom. The van der Waals surface area contributed by atoms with E-state index in [-0.39, 0.29) is 5.91 Å². The van der Waals surface area contributed by atoms with Crippen molar-refractivity contribution in [1.82, 2.24) is 10.2 Å². The van der Waals surface area contributed by atoms with E-state index in [4.69, 9.17) is 11.6 Å². The molecule has 0 atom stereocenters. The van der Waals surface area contributed by atoms with Crippen molar-refractivity contribution in [3.8, 4) is 0 Å². The van der Waals surface area contributed by atoms with Gasteiger partial charge in [0.15, 0.2) is 0 Å². The molecule has 18 heavy (non-hydrogen) atoms. The van der Waals surface area contributed by atoms with Crippen LogP contribution < -0.4 is 5.32 Å². The number of anilines is 1. The number of rotatable bonds is 2. The summed E-state index contributed by atoms with van der Waals surface area (Å²) in [6, 6.07) is 5.50. The topological polar surface area (TPSA) is 57.8 Å². The van der Waals surface area contributed by atoms with Gasteiger partial charge in [-0.1, -0.05) is 17.7 Å². The summed E-state index contributed by atoms with van der Waals surface area (Å²) in [5, 5.41) is 10.1. The summed E-state index contributed by atoms with van der Waals surface area (Å²) < 4.78 is 0. The highest BCUT2D eigenvalue weighted by Gasteiger charge is 2.16. The molecule has 1 heterocycles. The highest BCUT2D eigenvalue weighted by atomic mass is 35.5. The van der Waals surface area contributed by atoms with Gasteiger partial charge in [0.05, 0.1) is 22.0 Å². The maximum atomic E-state index is 12.1. The van der Waals surface area contributed by atoms with Crippen molar-refractivity contribution >= 4 is 23.2 Å². The van der Waals surface area contributed by atoms with Crippen LogP contribution in [0.5, 0.6) is 0 Å². The molecule has 2 rings (SSSR count). The minimum Gasteiger partial charge on any atom is -0.321 e. The van der Waals surface area contributed by atoms with Gasteiger partial charge in [0.2, 0.25) is 0 Å². The zero-order valence-electron chi connectivity index (χ0n) is 10.5. The molecule has 1 aromatic carbocycles. The summed E-state index contributed by atoms with van der Waals surface area (Å²) in [5.74, 6) is -0.204. The molecular weight excluding hydrogens is 250 g/mol. The normalized spacial score (nSPS) is 10.4. The van der Waals surface area contributed by atoms with Gasteiger partial charge in [-0.15, -0.1) is 0 Å². The maximum absolute atomic E-state index is 12.1. The average Bonchev–Trinajstić information content (AvgIpc) is 2.62. The van der Waals surface area contributed by atoms with Crippen molar-refractivity contribution in [1.29, 1.82) is 0 Å². The van der Waals surface area contributed by atoms with Crippen LogP contribution in [0.25, 0.3) is 0 Å². The number of H-pyrrole nitrogens is 1. The van der Waals surface area contributed by atoms with Gasteiger partial charge in [0.1, 0.15) is 0 Å². The smallest absolute Gasteiger partial charge is 0.259 e. The summed E-state index contributed by atoms with van der Waals surface area (Å²) in [4.78, 5) is 12.1. The number of hydrogen-bond donors (Lipinski definition) is 2. The van der Waals surface area contributed by atoms with Crippen LogP contribution >= 0.6 is 11.6 Å². The first-order chi connectivity index (χ1) is 8.49. The van der Waals surface area contributed by atoms with Gasteiger partial charge < -0.3 is 5.32 Å². The summed E-state index contributed by atoms with van der Waals surface area (Å²) in [5.41, 5.74) is 3.63. The van der Waals surface area contributed by atoms with Crippen molar-refractivity contribution in [3.05, 3.63) is 45.7 Å². The molecule has 2 N–H and O–H groups in total. The molecule has 0 saturated carbocycles. The summed E-state index contributed by atoms with van der Waals surface area (Å²) in [7, 11) is 0. The third-order valence-electron chi connectivity index (χ3n) is 2.73. The lowest BCUT2D eigenvalue weighted by Crippen LogP contribution is -2.14. The molecule has 0 radical (unpaired) electrons. The number of carbonyl (C=O) groups excluding carboxylic acids is 1. The number of hydrogen-bond acceptors (Lipinski definition) is 2. The van der Waals surface area contributed by atoms with Crippen LogP contribution in [0.1, 0.15) is 27.3 Å². The lowest BCUT2D eigenvalue weighted by molar-refractivity contribution is 0.102. The van der Waals surface area contributed by atoms with Gasteiger partial charge in [-0.3, -0.25) is 9.89 Å². The Morgan fingerprint density at radius 1 is 1.33 bits per heavy atom. The Hall–Kier alpha value is -1.81. The molecular formula is C13H14ClN3O. The van der Waals surface area contributed by atoms with Crippen molar-refractivity contribution in [2.45, 2.75) is 20.8 Å². The van der Waals surface area contributed by atoms with Gasteiger partial charge in [-0.05, 0) is 38.5 Å². The Labute approximate surface area is 110 Å². The van der Waals surface area contributed by atoms with Gasteiger partial charge >= 0.3 is 0 Å². The minimum absolute atomic E-state index is 0.204. The Balaban J connectivity index is 2.27. The second kappa shape index (κ2) is 4.82. The fraction of sp³-hybridized carbons (Fsp3) is 0.231. The van der Waals surface area contributed by atoms with Crippen LogP contribution in [-0.4, -0.2) is 16.1 Å². The van der Waals surface area contributed by atoms with E-state index in [9.17, 15) is 4.79 Å². The zero-order chi connectivity index (χ0) is 13.3. The van der Waals surface area contributed by atoms with Crippen LogP contribution in [-0.2, 0) is 0 Å². The highest BCUT2D eigenvalue weighted by molar-refractivity contribution is 6.34. The standard InChI is InChI=1S/C13H14ClN3O/c1-7-4-5-11(10(14)6-7)15-13(18)12-8(2)16-17-9(12)3/h4-6H,1-3H3,(H,15,18)(H,16,17). The molecule has 0 spiro atoms. The van der Waals surface area contributed by atoms with Crippen LogP contribution in [0, 0.1) is 20.8 Å². The molecule has 0 unspecified atom stereocenters. The maximum Gasteiger partial charge on any atom is 0.259 e. The largest absolute Gasteiger partial charge is 0.321 e. The van der Waals surface area contributed by atoms with E-state index in [1.165, 1.54) is 0 Å². The summed E-state index contributed by atoms with van der Waals surface area (Å²) in [6.07, 6.45) is 0. The molecule has 94 valence electrons. The van der Waals surface area contributed by atoms with Crippen LogP contribution in [0.4, 0.5) is 5.69 Å². The van der Waals surface area contributed by atoms with Gasteiger partial charge in [0.25, 0.3) is 5.91 Å². The molecule has 0 bridgehead atoms. The van der Waals surface area contributed by atoms with Crippen molar-refractivity contribution in [2.24, 2.45) is 0 Å². The first kappa shape index (κ1) is 12.6. The van der Waals surface area contributed by atoms with E-state index in [0.717, 1.165) is 11.3 Å². The molecule has 0 aliphatic heterocycles. The Morgan fingerprint density at radius 3 is 2.61 bits per heavy atom. The van der Waals surface area contributed by atoms with Crippen molar-refractivity contribution in [2.75, 3.05) is 5.32 Å². The molecule has 0 aliphatic rings. The predicted octanol–water partition coefficient (Wildman–Crippen LogP) is 3.24. The van der Waals surface area contributed by atoms with Crippen molar-refractivity contribution < 1.29 is 4.79 Å². The van der Waals surface area contributed by atoms with Crippen molar-refractivity contribution in [3.63, 3.8) is 0 Å².